The largest absolute Gasteiger partial charge is 0.486 e. The first kappa shape index (κ1) is 9.51. The lowest BCUT2D eigenvalue weighted by molar-refractivity contribution is -0.138. The minimum atomic E-state index is -0.708. The Bertz CT molecular complexity index is 441. The summed E-state index contributed by atoms with van der Waals surface area (Å²) in [5, 5.41) is 8.87. The second-order valence-electron chi connectivity index (χ2n) is 4.19. The number of carboxylic acids is 1. The van der Waals surface area contributed by atoms with Crippen LogP contribution < -0.4 is 9.47 Å². The SMILES string of the molecule is O=C(O)[C@H]1C[C@@H]1c1ccc2c(c1)OCCO2. The highest BCUT2D eigenvalue weighted by atomic mass is 16.6. The minimum Gasteiger partial charge on any atom is -0.486 e. The van der Waals surface area contributed by atoms with Gasteiger partial charge in [0.1, 0.15) is 13.2 Å². The Kier molecular flexibility index (Phi) is 2.02. The molecule has 2 aliphatic rings. The van der Waals surface area contributed by atoms with E-state index in [1.807, 2.05) is 18.2 Å². The number of carboxylic acid groups (broad SMARTS) is 1. The van der Waals surface area contributed by atoms with Crippen LogP contribution in [0.15, 0.2) is 18.2 Å². The highest BCUT2D eigenvalue weighted by molar-refractivity contribution is 5.75. The molecule has 0 radical (unpaired) electrons. The Morgan fingerprint density at radius 3 is 2.69 bits per heavy atom. The summed E-state index contributed by atoms with van der Waals surface area (Å²) in [7, 11) is 0. The van der Waals surface area contributed by atoms with Gasteiger partial charge in [0.05, 0.1) is 5.92 Å². The number of rotatable bonds is 2. The van der Waals surface area contributed by atoms with E-state index in [0.29, 0.717) is 13.2 Å². The fourth-order valence-electron chi connectivity index (χ4n) is 2.13. The Balaban J connectivity index is 1.85. The average Bonchev–Trinajstić information content (AvgIpc) is 3.08. The van der Waals surface area contributed by atoms with Crippen LogP contribution in [0.25, 0.3) is 0 Å². The third kappa shape index (κ3) is 1.50. The van der Waals surface area contributed by atoms with E-state index in [9.17, 15) is 4.79 Å². The van der Waals surface area contributed by atoms with Crippen LogP contribution in [0, 0.1) is 5.92 Å². The van der Waals surface area contributed by atoms with Crippen molar-refractivity contribution in [2.45, 2.75) is 12.3 Å². The fourth-order valence-corrected chi connectivity index (χ4v) is 2.13. The molecule has 16 heavy (non-hydrogen) atoms. The van der Waals surface area contributed by atoms with E-state index in [1.54, 1.807) is 0 Å². The first-order valence-corrected chi connectivity index (χ1v) is 5.38. The molecular formula is C12H12O4. The highest BCUT2D eigenvalue weighted by Crippen LogP contribution is 2.49. The number of aliphatic carboxylic acids is 1. The maximum absolute atomic E-state index is 10.8. The first-order chi connectivity index (χ1) is 7.75. The third-order valence-corrected chi connectivity index (χ3v) is 3.10. The molecule has 84 valence electrons. The van der Waals surface area contributed by atoms with E-state index in [2.05, 4.69) is 0 Å². The van der Waals surface area contributed by atoms with Crippen LogP contribution in [0.3, 0.4) is 0 Å². The maximum atomic E-state index is 10.8. The number of ether oxygens (including phenoxy) is 2. The summed E-state index contributed by atoms with van der Waals surface area (Å²) in [4.78, 5) is 10.8. The van der Waals surface area contributed by atoms with Crippen molar-refractivity contribution in [2.24, 2.45) is 5.92 Å². The minimum absolute atomic E-state index is 0.147. The smallest absolute Gasteiger partial charge is 0.307 e. The zero-order valence-corrected chi connectivity index (χ0v) is 8.68. The molecule has 3 rings (SSSR count). The standard InChI is InChI=1S/C12H12O4/c13-12(14)9-6-8(9)7-1-2-10-11(5-7)16-4-3-15-10/h1-2,5,8-9H,3-4,6H2,(H,13,14)/t8-,9+/m1/s1. The molecule has 0 unspecified atom stereocenters. The van der Waals surface area contributed by atoms with Crippen molar-refractivity contribution in [1.29, 1.82) is 0 Å². The van der Waals surface area contributed by atoms with Crippen molar-refractivity contribution < 1.29 is 19.4 Å². The van der Waals surface area contributed by atoms with Gasteiger partial charge in [-0.3, -0.25) is 4.79 Å². The van der Waals surface area contributed by atoms with Crippen molar-refractivity contribution in [1.82, 2.24) is 0 Å². The summed E-state index contributed by atoms with van der Waals surface area (Å²) < 4.78 is 10.9. The van der Waals surface area contributed by atoms with Gasteiger partial charge in [0.2, 0.25) is 0 Å². The Labute approximate surface area is 92.8 Å². The van der Waals surface area contributed by atoms with Crippen LogP contribution in [0.5, 0.6) is 11.5 Å². The number of benzene rings is 1. The van der Waals surface area contributed by atoms with Crippen molar-refractivity contribution in [2.75, 3.05) is 13.2 Å². The fraction of sp³-hybridized carbons (Fsp3) is 0.417. The van der Waals surface area contributed by atoms with Gasteiger partial charge in [-0.15, -0.1) is 0 Å². The maximum Gasteiger partial charge on any atom is 0.307 e. The van der Waals surface area contributed by atoms with Crippen LogP contribution in [0.4, 0.5) is 0 Å². The molecular weight excluding hydrogens is 208 g/mol. The molecule has 0 amide bonds. The molecule has 0 aromatic heterocycles. The van der Waals surface area contributed by atoms with E-state index in [4.69, 9.17) is 14.6 Å². The zero-order chi connectivity index (χ0) is 11.1. The van der Waals surface area contributed by atoms with E-state index < -0.39 is 5.97 Å². The average molecular weight is 220 g/mol. The molecule has 0 spiro atoms. The van der Waals surface area contributed by atoms with Gasteiger partial charge in [-0.25, -0.2) is 0 Å². The third-order valence-electron chi connectivity index (χ3n) is 3.10. The molecule has 1 aliphatic heterocycles. The number of fused-ring (bicyclic) bond motifs is 1. The summed E-state index contributed by atoms with van der Waals surface area (Å²) in [6.45, 7) is 1.14. The van der Waals surface area contributed by atoms with Crippen LogP contribution in [-0.4, -0.2) is 24.3 Å². The second kappa shape index (κ2) is 3.40. The van der Waals surface area contributed by atoms with Gasteiger partial charge in [-0.05, 0) is 30.0 Å². The molecule has 0 bridgehead atoms. The number of hydrogen-bond acceptors (Lipinski definition) is 3. The van der Waals surface area contributed by atoms with Gasteiger partial charge < -0.3 is 14.6 Å². The van der Waals surface area contributed by atoms with Crippen LogP contribution in [0.1, 0.15) is 17.9 Å². The summed E-state index contributed by atoms with van der Waals surface area (Å²) >= 11 is 0. The van der Waals surface area contributed by atoms with E-state index in [1.165, 1.54) is 0 Å². The molecule has 1 N–H and O–H groups in total. The van der Waals surface area contributed by atoms with Crippen molar-refractivity contribution >= 4 is 5.97 Å². The first-order valence-electron chi connectivity index (χ1n) is 5.38. The molecule has 1 aromatic rings. The summed E-state index contributed by atoms with van der Waals surface area (Å²) in [6.07, 6.45) is 0.731. The molecule has 1 aliphatic carbocycles. The number of carbonyl (C=O) groups is 1. The van der Waals surface area contributed by atoms with E-state index in [0.717, 1.165) is 23.5 Å². The van der Waals surface area contributed by atoms with E-state index >= 15 is 0 Å². The van der Waals surface area contributed by atoms with Crippen LogP contribution >= 0.6 is 0 Å². The lowest BCUT2D eigenvalue weighted by Gasteiger charge is -2.18. The molecule has 1 fully saturated rings. The highest BCUT2D eigenvalue weighted by Gasteiger charge is 2.44. The molecule has 2 atom stereocenters. The van der Waals surface area contributed by atoms with E-state index in [-0.39, 0.29) is 11.8 Å². The lowest BCUT2D eigenvalue weighted by Crippen LogP contribution is -2.15. The lowest BCUT2D eigenvalue weighted by atomic mass is 10.1. The predicted molar refractivity (Wildman–Crippen MR) is 55.9 cm³/mol. The molecule has 4 nitrogen and oxygen atoms in total. The molecule has 1 heterocycles. The van der Waals surface area contributed by atoms with Gasteiger partial charge in [-0.1, -0.05) is 6.07 Å². The molecule has 1 aromatic carbocycles. The summed E-state index contributed by atoms with van der Waals surface area (Å²) in [6, 6.07) is 5.70. The van der Waals surface area contributed by atoms with Gasteiger partial charge in [0.25, 0.3) is 0 Å². The monoisotopic (exact) mass is 220 g/mol. The predicted octanol–water partition coefficient (Wildman–Crippen LogP) is 1.65. The van der Waals surface area contributed by atoms with Gasteiger partial charge in [0, 0.05) is 0 Å². The zero-order valence-electron chi connectivity index (χ0n) is 8.68. The van der Waals surface area contributed by atoms with Gasteiger partial charge in [0.15, 0.2) is 11.5 Å². The van der Waals surface area contributed by atoms with Crippen molar-refractivity contribution in [3.8, 4) is 11.5 Å². The second-order valence-corrected chi connectivity index (χ2v) is 4.19. The molecule has 4 heteroatoms. The number of hydrogen-bond donors (Lipinski definition) is 1. The van der Waals surface area contributed by atoms with Crippen LogP contribution in [-0.2, 0) is 4.79 Å². The summed E-state index contributed by atoms with van der Waals surface area (Å²) in [5.41, 5.74) is 1.04. The normalized spacial score (nSPS) is 26.2. The van der Waals surface area contributed by atoms with Crippen LogP contribution in [0.2, 0.25) is 0 Å². The Hall–Kier alpha value is -1.71. The Morgan fingerprint density at radius 2 is 2.00 bits per heavy atom. The molecule has 1 saturated carbocycles. The molecule has 0 saturated heterocycles. The topological polar surface area (TPSA) is 55.8 Å². The Morgan fingerprint density at radius 1 is 1.25 bits per heavy atom. The van der Waals surface area contributed by atoms with Gasteiger partial charge in [-0.2, -0.15) is 0 Å². The quantitative estimate of drug-likeness (QED) is 0.823. The van der Waals surface area contributed by atoms with Crippen molar-refractivity contribution in [3.63, 3.8) is 0 Å². The summed E-state index contributed by atoms with van der Waals surface area (Å²) in [5.74, 6) is 0.707. The van der Waals surface area contributed by atoms with Crippen molar-refractivity contribution in [3.05, 3.63) is 23.8 Å². The van der Waals surface area contributed by atoms with Gasteiger partial charge >= 0.3 is 5.97 Å².